The number of halogens is 2. The SMILES string of the molecule is O=C(Cc1ccc(F)c(F)c1)NCc1cnc[nH]1. The zero-order valence-corrected chi connectivity index (χ0v) is 9.41. The van der Waals surface area contributed by atoms with E-state index in [-0.39, 0.29) is 12.3 Å². The Balaban J connectivity index is 1.88. The topological polar surface area (TPSA) is 57.8 Å². The molecule has 4 nitrogen and oxygen atoms in total. The molecule has 0 saturated heterocycles. The molecule has 2 N–H and O–H groups in total. The fraction of sp³-hybridized carbons (Fsp3) is 0.167. The largest absolute Gasteiger partial charge is 0.350 e. The number of carbonyl (C=O) groups excluding carboxylic acids is 1. The highest BCUT2D eigenvalue weighted by atomic mass is 19.2. The minimum atomic E-state index is -0.950. The summed E-state index contributed by atoms with van der Waals surface area (Å²) in [4.78, 5) is 18.2. The number of nitrogens with one attached hydrogen (secondary N) is 2. The first-order chi connectivity index (χ1) is 8.65. The predicted molar refractivity (Wildman–Crippen MR) is 60.5 cm³/mol. The normalized spacial score (nSPS) is 10.3. The number of aromatic nitrogens is 2. The number of carbonyl (C=O) groups is 1. The van der Waals surface area contributed by atoms with Gasteiger partial charge in [0.25, 0.3) is 0 Å². The van der Waals surface area contributed by atoms with E-state index in [2.05, 4.69) is 15.3 Å². The molecule has 0 aliphatic carbocycles. The van der Waals surface area contributed by atoms with Crippen molar-refractivity contribution >= 4 is 5.91 Å². The van der Waals surface area contributed by atoms with Gasteiger partial charge in [-0.3, -0.25) is 4.79 Å². The summed E-state index contributed by atoms with van der Waals surface area (Å²) in [6, 6.07) is 3.41. The number of aromatic amines is 1. The molecule has 1 heterocycles. The van der Waals surface area contributed by atoms with Gasteiger partial charge < -0.3 is 10.3 Å². The van der Waals surface area contributed by atoms with Crippen LogP contribution in [-0.4, -0.2) is 15.9 Å². The van der Waals surface area contributed by atoms with E-state index in [1.165, 1.54) is 12.4 Å². The Bertz CT molecular complexity index is 540. The maximum atomic E-state index is 12.9. The van der Waals surface area contributed by atoms with Crippen molar-refractivity contribution in [1.29, 1.82) is 0 Å². The van der Waals surface area contributed by atoms with E-state index in [1.54, 1.807) is 6.20 Å². The highest BCUT2D eigenvalue weighted by molar-refractivity contribution is 5.78. The Labute approximate surface area is 102 Å². The van der Waals surface area contributed by atoms with Crippen LogP contribution < -0.4 is 5.32 Å². The molecule has 1 aromatic heterocycles. The van der Waals surface area contributed by atoms with E-state index < -0.39 is 11.6 Å². The van der Waals surface area contributed by atoms with Crippen LogP contribution in [0.15, 0.2) is 30.7 Å². The third-order valence-electron chi connectivity index (χ3n) is 2.38. The van der Waals surface area contributed by atoms with Crippen molar-refractivity contribution in [2.75, 3.05) is 0 Å². The number of rotatable bonds is 4. The first-order valence-corrected chi connectivity index (χ1v) is 5.33. The number of amides is 1. The highest BCUT2D eigenvalue weighted by Crippen LogP contribution is 2.09. The van der Waals surface area contributed by atoms with Gasteiger partial charge in [0.2, 0.25) is 5.91 Å². The summed E-state index contributed by atoms with van der Waals surface area (Å²) >= 11 is 0. The Morgan fingerprint density at radius 1 is 1.33 bits per heavy atom. The van der Waals surface area contributed by atoms with E-state index in [0.29, 0.717) is 12.1 Å². The predicted octanol–water partition coefficient (Wildman–Crippen LogP) is 1.55. The molecule has 2 rings (SSSR count). The van der Waals surface area contributed by atoms with Gasteiger partial charge >= 0.3 is 0 Å². The smallest absolute Gasteiger partial charge is 0.224 e. The van der Waals surface area contributed by atoms with Crippen LogP contribution in [0.1, 0.15) is 11.3 Å². The van der Waals surface area contributed by atoms with Gasteiger partial charge in [-0.15, -0.1) is 0 Å². The van der Waals surface area contributed by atoms with Crippen molar-refractivity contribution in [2.24, 2.45) is 0 Å². The summed E-state index contributed by atoms with van der Waals surface area (Å²) < 4.78 is 25.6. The second kappa shape index (κ2) is 5.39. The molecule has 6 heteroatoms. The van der Waals surface area contributed by atoms with Gasteiger partial charge in [0.15, 0.2) is 11.6 Å². The van der Waals surface area contributed by atoms with E-state index in [1.807, 2.05) is 0 Å². The van der Waals surface area contributed by atoms with Crippen molar-refractivity contribution in [3.63, 3.8) is 0 Å². The van der Waals surface area contributed by atoms with Crippen LogP contribution >= 0.6 is 0 Å². The lowest BCUT2D eigenvalue weighted by molar-refractivity contribution is -0.120. The molecule has 94 valence electrons. The fourth-order valence-corrected chi connectivity index (χ4v) is 1.47. The van der Waals surface area contributed by atoms with Gasteiger partial charge in [-0.1, -0.05) is 6.07 Å². The Kier molecular flexibility index (Phi) is 3.66. The van der Waals surface area contributed by atoms with Gasteiger partial charge in [0.1, 0.15) is 0 Å². The number of H-pyrrole nitrogens is 1. The summed E-state index contributed by atoms with van der Waals surface area (Å²) in [6.45, 7) is 0.322. The quantitative estimate of drug-likeness (QED) is 0.866. The number of nitrogens with zero attached hydrogens (tertiary/aromatic N) is 1. The molecule has 0 unspecified atom stereocenters. The van der Waals surface area contributed by atoms with Crippen LogP contribution in [-0.2, 0) is 17.8 Å². The van der Waals surface area contributed by atoms with E-state index in [4.69, 9.17) is 0 Å². The molecule has 0 bridgehead atoms. The van der Waals surface area contributed by atoms with Crippen LogP contribution in [0.2, 0.25) is 0 Å². The number of hydrogen-bond donors (Lipinski definition) is 2. The fourth-order valence-electron chi connectivity index (χ4n) is 1.47. The molecule has 18 heavy (non-hydrogen) atoms. The molecule has 0 aliphatic rings. The molecule has 0 aliphatic heterocycles. The van der Waals surface area contributed by atoms with Crippen molar-refractivity contribution in [2.45, 2.75) is 13.0 Å². The molecule has 1 amide bonds. The zero-order chi connectivity index (χ0) is 13.0. The van der Waals surface area contributed by atoms with Crippen LogP contribution in [0.4, 0.5) is 8.78 Å². The lowest BCUT2D eigenvalue weighted by Crippen LogP contribution is -2.24. The lowest BCUT2D eigenvalue weighted by atomic mass is 10.1. The molecule has 1 aromatic carbocycles. The summed E-state index contributed by atoms with van der Waals surface area (Å²) in [7, 11) is 0. The van der Waals surface area contributed by atoms with E-state index in [0.717, 1.165) is 17.8 Å². The van der Waals surface area contributed by atoms with Crippen LogP contribution in [0.5, 0.6) is 0 Å². The first kappa shape index (κ1) is 12.2. The maximum Gasteiger partial charge on any atom is 0.224 e. The second-order valence-corrected chi connectivity index (χ2v) is 3.78. The average molecular weight is 251 g/mol. The number of imidazole rings is 1. The molecule has 0 saturated carbocycles. The molecular weight excluding hydrogens is 240 g/mol. The summed E-state index contributed by atoms with van der Waals surface area (Å²) in [5.74, 6) is -2.14. The first-order valence-electron chi connectivity index (χ1n) is 5.33. The van der Waals surface area contributed by atoms with E-state index in [9.17, 15) is 13.6 Å². The summed E-state index contributed by atoms with van der Waals surface area (Å²) in [5.41, 5.74) is 1.20. The van der Waals surface area contributed by atoms with Crippen molar-refractivity contribution in [3.05, 3.63) is 53.6 Å². The molecular formula is C12H11F2N3O. The molecule has 0 spiro atoms. The minimum Gasteiger partial charge on any atom is -0.350 e. The van der Waals surface area contributed by atoms with Crippen molar-refractivity contribution in [3.8, 4) is 0 Å². The van der Waals surface area contributed by atoms with Gasteiger partial charge in [-0.2, -0.15) is 0 Å². The monoisotopic (exact) mass is 251 g/mol. The third kappa shape index (κ3) is 3.13. The minimum absolute atomic E-state index is 0.00529. The summed E-state index contributed by atoms with van der Waals surface area (Å²) in [6.07, 6.45) is 3.11. The number of hydrogen-bond acceptors (Lipinski definition) is 2. The highest BCUT2D eigenvalue weighted by Gasteiger charge is 2.07. The average Bonchev–Trinajstić information content (AvgIpc) is 2.84. The van der Waals surface area contributed by atoms with Crippen LogP contribution in [0.25, 0.3) is 0 Å². The zero-order valence-electron chi connectivity index (χ0n) is 9.41. The number of benzene rings is 1. The van der Waals surface area contributed by atoms with Crippen molar-refractivity contribution in [1.82, 2.24) is 15.3 Å². The van der Waals surface area contributed by atoms with Crippen molar-refractivity contribution < 1.29 is 13.6 Å². The Morgan fingerprint density at radius 2 is 2.17 bits per heavy atom. The van der Waals surface area contributed by atoms with Gasteiger partial charge in [0.05, 0.1) is 25.0 Å². The maximum absolute atomic E-state index is 12.9. The molecule has 0 atom stereocenters. The molecule has 0 fully saturated rings. The van der Waals surface area contributed by atoms with Gasteiger partial charge in [-0.25, -0.2) is 13.8 Å². The Morgan fingerprint density at radius 3 is 2.83 bits per heavy atom. The van der Waals surface area contributed by atoms with E-state index >= 15 is 0 Å². The molecule has 0 radical (unpaired) electrons. The van der Waals surface area contributed by atoms with Gasteiger partial charge in [-0.05, 0) is 17.7 Å². The standard InChI is InChI=1S/C12H11F2N3O/c13-10-2-1-8(3-11(10)14)4-12(18)16-6-9-5-15-7-17-9/h1-3,5,7H,4,6H2,(H,15,17)(H,16,18). The Hall–Kier alpha value is -2.24. The third-order valence-corrected chi connectivity index (χ3v) is 2.38. The van der Waals surface area contributed by atoms with Gasteiger partial charge in [0, 0.05) is 6.20 Å². The summed E-state index contributed by atoms with van der Waals surface area (Å²) in [5, 5.41) is 2.64. The van der Waals surface area contributed by atoms with Crippen LogP contribution in [0, 0.1) is 11.6 Å². The lowest BCUT2D eigenvalue weighted by Gasteiger charge is -2.04. The van der Waals surface area contributed by atoms with Crippen LogP contribution in [0.3, 0.4) is 0 Å². The second-order valence-electron chi connectivity index (χ2n) is 3.78. The molecule has 2 aromatic rings.